The topological polar surface area (TPSA) is 133 Å². The number of rotatable bonds is 10. The van der Waals surface area contributed by atoms with E-state index in [4.69, 9.17) is 28.9 Å². The van der Waals surface area contributed by atoms with E-state index in [9.17, 15) is 9.59 Å². The minimum Gasteiger partial charge on any atom is -0.350 e. The van der Waals surface area contributed by atoms with E-state index >= 15 is 0 Å². The number of carbonyl (C=O) groups is 2. The van der Waals surface area contributed by atoms with Crippen molar-refractivity contribution in [2.75, 3.05) is 13.1 Å². The third-order valence-corrected chi connectivity index (χ3v) is 8.62. The summed E-state index contributed by atoms with van der Waals surface area (Å²) in [7, 11) is 0. The van der Waals surface area contributed by atoms with E-state index < -0.39 is 6.04 Å². The van der Waals surface area contributed by atoms with E-state index in [1.54, 1.807) is 17.0 Å². The maximum atomic E-state index is 14.0. The molecule has 2 aliphatic rings. The quantitative estimate of drug-likeness (QED) is 0.333. The van der Waals surface area contributed by atoms with Gasteiger partial charge in [-0.3, -0.25) is 14.5 Å². The number of aromatic nitrogens is 4. The Bertz CT molecular complexity index is 1290. The van der Waals surface area contributed by atoms with Crippen LogP contribution in [0.5, 0.6) is 0 Å². The number of benzene rings is 2. The number of aromatic amines is 1. The molecule has 2 aliphatic heterocycles. The molecule has 0 spiro atoms. The maximum Gasteiger partial charge on any atom is 0.243 e. The van der Waals surface area contributed by atoms with E-state index in [-0.39, 0.29) is 36.5 Å². The summed E-state index contributed by atoms with van der Waals surface area (Å²) in [5.74, 6) is 0.215. The Kier molecular flexibility index (Phi) is 9.31. The van der Waals surface area contributed by atoms with E-state index in [1.165, 1.54) is 5.56 Å². The van der Waals surface area contributed by atoms with E-state index in [1.807, 2.05) is 24.3 Å². The number of nitrogens with two attached hydrogens (primary N) is 1. The molecule has 10 nitrogen and oxygen atoms in total. The number of halogens is 2. The highest BCUT2D eigenvalue weighted by molar-refractivity contribution is 6.42. The SMILES string of the molecule is NC1CC2C(=O)N(C(CCc3nn[nH]n3)C(=O)NCc3ccc(Cl)c(Cl)c3)CCC(CCc3ccccc3)N2C1. The van der Waals surface area contributed by atoms with Gasteiger partial charge in [-0.15, -0.1) is 10.2 Å². The van der Waals surface area contributed by atoms with Crippen molar-refractivity contribution in [2.24, 2.45) is 5.73 Å². The van der Waals surface area contributed by atoms with Gasteiger partial charge < -0.3 is 16.0 Å². The summed E-state index contributed by atoms with van der Waals surface area (Å²) in [6.45, 7) is 1.43. The van der Waals surface area contributed by atoms with Gasteiger partial charge in [0.15, 0.2) is 5.82 Å². The average Bonchev–Trinajstić information content (AvgIpc) is 3.60. The molecule has 2 amide bonds. The van der Waals surface area contributed by atoms with Crippen molar-refractivity contribution >= 4 is 35.0 Å². The average molecular weight is 586 g/mol. The molecule has 0 saturated carbocycles. The van der Waals surface area contributed by atoms with E-state index in [0.717, 1.165) is 24.8 Å². The Morgan fingerprint density at radius 3 is 2.70 bits per heavy atom. The van der Waals surface area contributed by atoms with Crippen LogP contribution in [0.3, 0.4) is 0 Å². The zero-order valence-electron chi connectivity index (χ0n) is 22.2. The highest BCUT2D eigenvalue weighted by atomic mass is 35.5. The summed E-state index contributed by atoms with van der Waals surface area (Å²) in [6, 6.07) is 14.7. The highest BCUT2D eigenvalue weighted by Crippen LogP contribution is 2.30. The number of tetrazole rings is 1. The second-order valence-electron chi connectivity index (χ2n) is 10.6. The van der Waals surface area contributed by atoms with Crippen LogP contribution in [0, 0.1) is 0 Å². The van der Waals surface area contributed by atoms with Gasteiger partial charge in [0.25, 0.3) is 0 Å². The zero-order valence-corrected chi connectivity index (χ0v) is 23.7. The molecule has 0 bridgehead atoms. The van der Waals surface area contributed by atoms with Crippen molar-refractivity contribution in [1.82, 2.24) is 35.7 Å². The first-order chi connectivity index (χ1) is 19.4. The van der Waals surface area contributed by atoms with Crippen LogP contribution >= 0.6 is 23.2 Å². The van der Waals surface area contributed by atoms with Crippen LogP contribution in [0.2, 0.25) is 10.0 Å². The Morgan fingerprint density at radius 1 is 1.12 bits per heavy atom. The summed E-state index contributed by atoms with van der Waals surface area (Å²) in [4.78, 5) is 31.7. The van der Waals surface area contributed by atoms with Crippen LogP contribution in [0.1, 0.15) is 42.6 Å². The number of H-pyrrole nitrogens is 1. The van der Waals surface area contributed by atoms with Crippen molar-refractivity contribution < 1.29 is 9.59 Å². The lowest BCUT2D eigenvalue weighted by molar-refractivity contribution is -0.143. The fraction of sp³-hybridized carbons (Fsp3) is 0.464. The lowest BCUT2D eigenvalue weighted by atomic mass is 10.0. The summed E-state index contributed by atoms with van der Waals surface area (Å²) in [6.07, 6.45) is 3.96. The maximum absolute atomic E-state index is 14.0. The molecule has 2 aromatic carbocycles. The highest BCUT2D eigenvalue weighted by Gasteiger charge is 2.45. The van der Waals surface area contributed by atoms with E-state index in [0.29, 0.717) is 48.2 Å². The Labute approximate surface area is 243 Å². The fourth-order valence-electron chi connectivity index (χ4n) is 5.83. The predicted octanol–water partition coefficient (Wildman–Crippen LogP) is 2.76. The van der Waals surface area contributed by atoms with Gasteiger partial charge in [-0.25, -0.2) is 0 Å². The number of hydrogen-bond donors (Lipinski definition) is 3. The molecule has 5 rings (SSSR count). The van der Waals surface area contributed by atoms with Gasteiger partial charge in [0.2, 0.25) is 11.8 Å². The molecule has 3 heterocycles. The fourth-order valence-corrected chi connectivity index (χ4v) is 6.15. The van der Waals surface area contributed by atoms with Gasteiger partial charge in [0, 0.05) is 38.1 Å². The smallest absolute Gasteiger partial charge is 0.243 e. The molecule has 4 unspecified atom stereocenters. The van der Waals surface area contributed by atoms with Gasteiger partial charge in [-0.1, -0.05) is 64.8 Å². The predicted molar refractivity (Wildman–Crippen MR) is 153 cm³/mol. The largest absolute Gasteiger partial charge is 0.350 e. The molecular weight excluding hydrogens is 551 g/mol. The number of carbonyl (C=O) groups excluding carboxylic acids is 2. The molecule has 4 N–H and O–H groups in total. The molecule has 0 radical (unpaired) electrons. The normalized spacial score (nSPS) is 22.1. The third-order valence-electron chi connectivity index (χ3n) is 7.88. The number of nitrogens with one attached hydrogen (secondary N) is 2. The molecule has 2 saturated heterocycles. The molecule has 0 aliphatic carbocycles. The Morgan fingerprint density at radius 2 is 1.95 bits per heavy atom. The third kappa shape index (κ3) is 6.80. The second-order valence-corrected chi connectivity index (χ2v) is 11.4. The summed E-state index contributed by atoms with van der Waals surface area (Å²) >= 11 is 12.2. The standard InChI is InChI=1S/C28H34Cl2N8O2/c29-22-9-7-19(14-23(22)30)16-32-27(39)24(10-11-26-33-35-36-34-26)37-13-12-21(8-6-18-4-2-1-3-5-18)38-17-20(31)15-25(38)28(37)40/h1-5,7,9,14,20-21,24-25H,6,8,10-13,15-17,31H2,(H,32,39)(H,33,34,35,36). The van der Waals surface area contributed by atoms with Crippen LogP contribution in [0.25, 0.3) is 0 Å². The second kappa shape index (κ2) is 13.1. The Hall–Kier alpha value is -3.05. The number of nitrogens with zero attached hydrogens (tertiary/aromatic N) is 5. The van der Waals surface area contributed by atoms with Crippen LogP contribution in [-0.2, 0) is 29.0 Å². The number of hydrogen-bond acceptors (Lipinski definition) is 7. The first-order valence-corrected chi connectivity index (χ1v) is 14.4. The number of fused-ring (bicyclic) bond motifs is 1. The first kappa shape index (κ1) is 28.5. The molecular formula is C28H34Cl2N8O2. The molecule has 3 aromatic rings. The first-order valence-electron chi connectivity index (χ1n) is 13.7. The number of amides is 2. The molecule has 40 heavy (non-hydrogen) atoms. The van der Waals surface area contributed by atoms with Crippen molar-refractivity contribution in [3.63, 3.8) is 0 Å². The molecule has 12 heteroatoms. The van der Waals surface area contributed by atoms with Gasteiger partial charge in [0.1, 0.15) is 6.04 Å². The van der Waals surface area contributed by atoms with Crippen LogP contribution in [0.4, 0.5) is 0 Å². The monoisotopic (exact) mass is 584 g/mol. The summed E-state index contributed by atoms with van der Waals surface area (Å²) in [5, 5.41) is 18.0. The van der Waals surface area contributed by atoms with Gasteiger partial charge in [0.05, 0.1) is 16.1 Å². The van der Waals surface area contributed by atoms with Crippen molar-refractivity contribution in [3.05, 3.63) is 75.5 Å². The lowest BCUT2D eigenvalue weighted by Gasteiger charge is -2.32. The molecule has 1 aromatic heterocycles. The van der Waals surface area contributed by atoms with Crippen molar-refractivity contribution in [1.29, 1.82) is 0 Å². The summed E-state index contributed by atoms with van der Waals surface area (Å²) in [5.41, 5.74) is 8.47. The minimum atomic E-state index is -0.694. The lowest BCUT2D eigenvalue weighted by Crippen LogP contribution is -2.53. The Balaban J connectivity index is 1.34. The molecule has 2 fully saturated rings. The molecule has 4 atom stereocenters. The van der Waals surface area contributed by atoms with Crippen molar-refractivity contribution in [3.8, 4) is 0 Å². The number of aryl methyl sites for hydroxylation is 2. The van der Waals surface area contributed by atoms with Gasteiger partial charge in [-0.05, 0) is 55.4 Å². The summed E-state index contributed by atoms with van der Waals surface area (Å²) < 4.78 is 0. The van der Waals surface area contributed by atoms with Crippen LogP contribution in [0.15, 0.2) is 48.5 Å². The zero-order chi connectivity index (χ0) is 28.1. The van der Waals surface area contributed by atoms with Gasteiger partial charge in [-0.2, -0.15) is 5.21 Å². The van der Waals surface area contributed by atoms with Gasteiger partial charge >= 0.3 is 0 Å². The van der Waals surface area contributed by atoms with E-state index in [2.05, 4.69) is 43.0 Å². The molecule has 212 valence electrons. The minimum absolute atomic E-state index is 0.0436. The van der Waals surface area contributed by atoms with Crippen LogP contribution in [-0.4, -0.2) is 79.5 Å². The van der Waals surface area contributed by atoms with Crippen LogP contribution < -0.4 is 11.1 Å². The van der Waals surface area contributed by atoms with Crippen molar-refractivity contribution in [2.45, 2.75) is 69.2 Å².